The molecule has 5 heteroatoms. The van der Waals surface area contributed by atoms with Crippen LogP contribution in [-0.2, 0) is 50.6 Å². The van der Waals surface area contributed by atoms with Gasteiger partial charge < -0.3 is 16.4 Å². The summed E-state index contributed by atoms with van der Waals surface area (Å²) >= 11 is 0. The Hall–Kier alpha value is 0.919. The predicted octanol–water partition coefficient (Wildman–Crippen LogP) is 0.911. The van der Waals surface area contributed by atoms with Gasteiger partial charge in [-0.15, -0.1) is 0 Å². The van der Waals surface area contributed by atoms with Crippen LogP contribution in [-0.4, -0.2) is 0 Å². The molecule has 0 atom stereocenters. The Labute approximate surface area is 65.7 Å². The second-order valence-electron chi connectivity index (χ2n) is 0. The molecule has 0 spiro atoms. The van der Waals surface area contributed by atoms with Crippen LogP contribution in [0.25, 0.3) is 0 Å². The van der Waals surface area contributed by atoms with Crippen molar-refractivity contribution in [3.8, 4) is 0 Å². The molecule has 0 aromatic carbocycles. The fourth-order valence-corrected chi connectivity index (χ4v) is 0. The van der Waals surface area contributed by atoms with E-state index in [4.69, 9.17) is 0 Å². The molecule has 0 aromatic rings. The maximum Gasteiger partial charge on any atom is 3.00 e. The van der Waals surface area contributed by atoms with E-state index in [9.17, 15) is 0 Å². The van der Waals surface area contributed by atoms with Gasteiger partial charge in [-0.1, -0.05) is 14.9 Å². The topological polar surface area (TPSA) is 85.5 Å². The molecule has 50 valence electrons. The van der Waals surface area contributed by atoms with Gasteiger partial charge in [0.15, 0.2) is 0 Å². The third-order valence-electron chi connectivity index (χ3n) is 0. The van der Waals surface area contributed by atoms with Crippen LogP contribution in [0.3, 0.4) is 0 Å². The van der Waals surface area contributed by atoms with E-state index in [1.54, 1.807) is 0 Å². The summed E-state index contributed by atoms with van der Waals surface area (Å²) in [6.07, 6.45) is 0. The summed E-state index contributed by atoms with van der Waals surface area (Å²) in [4.78, 5) is 0. The molecule has 0 amide bonds. The summed E-state index contributed by atoms with van der Waals surface area (Å²) in [5, 5.41) is 0. The smallest absolute Gasteiger partial charge is 2.00 e. The van der Waals surface area contributed by atoms with Crippen molar-refractivity contribution >= 4 is 0 Å². The van der Waals surface area contributed by atoms with Gasteiger partial charge in [-0.3, -0.25) is 0 Å². The third kappa shape index (κ3) is 198. The van der Waals surface area contributed by atoms with Gasteiger partial charge >= 0.3 is 34.1 Å². The van der Waals surface area contributed by atoms with Crippen LogP contribution in [0, 0.1) is 0 Å². The number of hydrogen-bond acceptors (Lipinski definition) is 0. The first-order chi connectivity index (χ1) is 0. The molecule has 0 aliphatic heterocycles. The molecule has 0 fully saturated rings. The zero-order chi connectivity index (χ0) is 0. The summed E-state index contributed by atoms with van der Waals surface area (Å²) in [6, 6.07) is 0. The minimum atomic E-state index is 0. The van der Waals surface area contributed by atoms with Crippen molar-refractivity contribution in [3.05, 3.63) is 0 Å². The predicted molar refractivity (Wildman–Crippen MR) is 15.5 cm³/mol. The van der Waals surface area contributed by atoms with Gasteiger partial charge in [0.25, 0.3) is 0 Å². The first-order valence-corrected chi connectivity index (χ1v) is 0. The Bertz CT molecular complexity index is 10.9. The molecule has 7 heavy (non-hydrogen) atoms. The van der Waals surface area contributed by atoms with Crippen LogP contribution in [0.5, 0.6) is 0 Å². The van der Waals surface area contributed by atoms with Crippen molar-refractivity contribution in [2.45, 2.75) is 14.9 Å². The maximum atomic E-state index is 0. The third-order valence-corrected chi connectivity index (χ3v) is 0. The first-order valence-electron chi connectivity index (χ1n) is 0. The summed E-state index contributed by atoms with van der Waals surface area (Å²) in [6.45, 7) is 0. The van der Waals surface area contributed by atoms with Crippen molar-refractivity contribution in [1.29, 1.82) is 0 Å². The van der Waals surface area contributed by atoms with Crippen LogP contribution < -0.4 is 0 Å². The van der Waals surface area contributed by atoms with Crippen LogP contribution >= 0.6 is 0 Å². The Morgan fingerprint density at radius 2 is 0.429 bits per heavy atom. The van der Waals surface area contributed by atoms with E-state index in [2.05, 4.69) is 0 Å². The van der Waals surface area contributed by atoms with Gasteiger partial charge in [0.1, 0.15) is 0 Å². The van der Waals surface area contributed by atoms with E-state index in [0.717, 1.165) is 0 Å². The van der Waals surface area contributed by atoms with E-state index < -0.39 is 0 Å². The summed E-state index contributed by atoms with van der Waals surface area (Å²) in [7, 11) is 0. The molecule has 0 saturated heterocycles. The monoisotopic (exact) mass is 192 g/mol. The van der Waals surface area contributed by atoms with E-state index >= 15 is 0 Å². The molecule has 0 unspecified atom stereocenters. The Kier molecular flexibility index (Phi) is 18400. The zero-order valence-corrected chi connectivity index (χ0v) is 4.14. The molecule has 0 rings (SSSR count). The fourth-order valence-electron chi connectivity index (χ4n) is 0. The molecule has 3 nitrogen and oxygen atoms in total. The molecule has 0 aliphatic rings. The van der Waals surface area contributed by atoms with Crippen molar-refractivity contribution in [2.24, 2.45) is 0 Å². The van der Waals surface area contributed by atoms with E-state index in [1.807, 2.05) is 0 Å². The summed E-state index contributed by atoms with van der Waals surface area (Å²) in [5.74, 6) is 0. The minimum Gasteiger partial charge on any atom is -2.00 e. The van der Waals surface area contributed by atoms with Crippen molar-refractivity contribution < 1.29 is 50.6 Å². The molecular formula is C2H8Fe2O3. The summed E-state index contributed by atoms with van der Waals surface area (Å²) in [5.41, 5.74) is 0. The molecule has 2 radical (unpaired) electrons. The van der Waals surface area contributed by atoms with Crippen molar-refractivity contribution in [1.82, 2.24) is 0 Å². The molecule has 0 N–H and O–H groups in total. The van der Waals surface area contributed by atoms with Gasteiger partial charge in [-0.05, 0) is 0 Å². The average Bonchev–Trinajstić information content (AvgIpc) is 0. The minimum absolute atomic E-state index is 0. The Balaban J connectivity index is 0. The average molecular weight is 192 g/mol. The number of rotatable bonds is 0. The van der Waals surface area contributed by atoms with Crippen LogP contribution in [0.4, 0.5) is 0 Å². The summed E-state index contributed by atoms with van der Waals surface area (Å²) < 4.78 is 0. The van der Waals surface area contributed by atoms with Crippen molar-refractivity contribution in [3.63, 3.8) is 0 Å². The van der Waals surface area contributed by atoms with Gasteiger partial charge in [0.05, 0.1) is 0 Å². The fraction of sp³-hybridized carbons (Fsp3) is 1.00. The molecule has 0 bridgehead atoms. The van der Waals surface area contributed by atoms with E-state index in [0.29, 0.717) is 0 Å². The van der Waals surface area contributed by atoms with Crippen LogP contribution in [0.15, 0.2) is 0 Å². The zero-order valence-electron chi connectivity index (χ0n) is 1.93. The molecule has 0 saturated carbocycles. The standard InChI is InChI=1S/2CH4.2Fe.3O/h2*1H4;;;;;/q;;2*+3;3*-2. The molecule has 0 aromatic heterocycles. The second kappa shape index (κ2) is 287. The second-order valence-corrected chi connectivity index (χ2v) is 0. The quantitative estimate of drug-likeness (QED) is 0.510. The van der Waals surface area contributed by atoms with Crippen LogP contribution in [0.1, 0.15) is 14.9 Å². The van der Waals surface area contributed by atoms with Gasteiger partial charge in [-0.2, -0.15) is 0 Å². The number of hydrogen-bond donors (Lipinski definition) is 0. The van der Waals surface area contributed by atoms with Gasteiger partial charge in [-0.25, -0.2) is 0 Å². The maximum absolute atomic E-state index is 0. The van der Waals surface area contributed by atoms with E-state index in [1.165, 1.54) is 0 Å². The van der Waals surface area contributed by atoms with Gasteiger partial charge in [0.2, 0.25) is 0 Å². The van der Waals surface area contributed by atoms with Crippen molar-refractivity contribution in [2.75, 3.05) is 0 Å². The molecule has 0 heterocycles. The molecule has 0 aliphatic carbocycles. The molecular weight excluding hydrogens is 184 g/mol. The Morgan fingerprint density at radius 3 is 0.429 bits per heavy atom. The van der Waals surface area contributed by atoms with Gasteiger partial charge in [0, 0.05) is 0 Å². The Morgan fingerprint density at radius 1 is 0.429 bits per heavy atom. The normalized spacial score (nSPS) is 0. The largest absolute Gasteiger partial charge is 3.00 e. The van der Waals surface area contributed by atoms with Crippen LogP contribution in [0.2, 0.25) is 0 Å². The first kappa shape index (κ1) is 449. The SMILES string of the molecule is C.C.[Fe+3].[Fe+3].[O-2].[O-2].[O-2]. The van der Waals surface area contributed by atoms with E-state index in [-0.39, 0.29) is 65.4 Å².